The van der Waals surface area contributed by atoms with Gasteiger partial charge in [-0.3, -0.25) is 9.78 Å². The molecule has 4 nitrogen and oxygen atoms in total. The van der Waals surface area contributed by atoms with Crippen LogP contribution in [0.1, 0.15) is 36.5 Å². The lowest BCUT2D eigenvalue weighted by atomic mass is 10.00. The molecule has 0 spiro atoms. The number of aromatic nitrogens is 2. The van der Waals surface area contributed by atoms with E-state index in [1.807, 2.05) is 38.3 Å². The summed E-state index contributed by atoms with van der Waals surface area (Å²) < 4.78 is 0. The Morgan fingerprint density at radius 1 is 1.52 bits per heavy atom. The second kappa shape index (κ2) is 6.63. The molecule has 0 radical (unpaired) electrons. The summed E-state index contributed by atoms with van der Waals surface area (Å²) in [6.07, 6.45) is 7.49. The van der Waals surface area contributed by atoms with Gasteiger partial charge in [0.05, 0.1) is 5.54 Å². The third-order valence-corrected chi connectivity index (χ3v) is 4.53. The maximum absolute atomic E-state index is 12.1. The van der Waals surface area contributed by atoms with Crippen LogP contribution in [0.4, 0.5) is 0 Å². The molecule has 0 aliphatic heterocycles. The van der Waals surface area contributed by atoms with Crippen molar-refractivity contribution in [1.82, 2.24) is 15.3 Å². The van der Waals surface area contributed by atoms with Gasteiger partial charge < -0.3 is 5.32 Å². The number of carbonyl (C=O) groups is 1. The van der Waals surface area contributed by atoms with Gasteiger partial charge in [0.15, 0.2) is 0 Å². The maximum Gasteiger partial charge on any atom is 0.244 e. The van der Waals surface area contributed by atoms with Gasteiger partial charge in [-0.25, -0.2) is 4.98 Å². The zero-order valence-electron chi connectivity index (χ0n) is 12.5. The third-order valence-electron chi connectivity index (χ3n) is 3.31. The molecule has 21 heavy (non-hydrogen) atoms. The van der Waals surface area contributed by atoms with Crippen LogP contribution in [-0.4, -0.2) is 15.9 Å². The van der Waals surface area contributed by atoms with E-state index >= 15 is 0 Å². The van der Waals surface area contributed by atoms with E-state index in [9.17, 15) is 4.79 Å². The minimum Gasteiger partial charge on any atom is -0.341 e. The molecule has 2 aromatic heterocycles. The molecule has 0 bridgehead atoms. The topological polar surface area (TPSA) is 54.9 Å². The number of hydrogen-bond acceptors (Lipinski definition) is 4. The number of pyridine rings is 1. The molecule has 1 atom stereocenters. The van der Waals surface area contributed by atoms with Crippen molar-refractivity contribution in [2.24, 2.45) is 0 Å². The fraction of sp³-hybridized carbons (Fsp3) is 0.312. The molecule has 1 amide bonds. The predicted molar refractivity (Wildman–Crippen MR) is 85.9 cm³/mol. The van der Waals surface area contributed by atoms with Gasteiger partial charge in [-0.2, -0.15) is 0 Å². The lowest BCUT2D eigenvalue weighted by Crippen LogP contribution is -2.42. The Hall–Kier alpha value is -2.01. The highest BCUT2D eigenvalue weighted by molar-refractivity contribution is 7.09. The molecular weight excluding hydrogens is 282 g/mol. The Kier molecular flexibility index (Phi) is 4.85. The molecule has 0 aromatic carbocycles. The van der Waals surface area contributed by atoms with Crippen molar-refractivity contribution in [3.63, 3.8) is 0 Å². The molecule has 2 heterocycles. The van der Waals surface area contributed by atoms with Crippen molar-refractivity contribution in [3.8, 4) is 0 Å². The molecule has 2 aromatic rings. The number of thiazole rings is 1. The average Bonchev–Trinajstić information content (AvgIpc) is 2.93. The first-order valence-corrected chi connectivity index (χ1v) is 7.74. The highest BCUT2D eigenvalue weighted by atomic mass is 32.1. The van der Waals surface area contributed by atoms with E-state index < -0.39 is 5.54 Å². The fourth-order valence-electron chi connectivity index (χ4n) is 1.86. The summed E-state index contributed by atoms with van der Waals surface area (Å²) in [6, 6.07) is 3.74. The number of nitrogens with one attached hydrogen (secondary N) is 1. The summed E-state index contributed by atoms with van der Waals surface area (Å²) in [4.78, 5) is 20.6. The highest BCUT2D eigenvalue weighted by Gasteiger charge is 2.28. The number of nitrogens with zero attached hydrogens (tertiary/aromatic N) is 2. The smallest absolute Gasteiger partial charge is 0.244 e. The largest absolute Gasteiger partial charge is 0.341 e. The molecule has 0 fully saturated rings. The SMILES string of the molecule is CC[C@](C)(NC(=O)/C=C\c1cccnc1)c1nc(C)cs1. The molecule has 0 aliphatic carbocycles. The number of amides is 1. The Bertz CT molecular complexity index is 636. The fourth-order valence-corrected chi connectivity index (χ4v) is 2.85. The third kappa shape index (κ3) is 3.98. The van der Waals surface area contributed by atoms with Crippen LogP contribution in [-0.2, 0) is 10.3 Å². The first-order chi connectivity index (χ1) is 10.0. The first-order valence-electron chi connectivity index (χ1n) is 6.86. The van der Waals surface area contributed by atoms with Crippen LogP contribution in [0.5, 0.6) is 0 Å². The van der Waals surface area contributed by atoms with Gasteiger partial charge in [0.1, 0.15) is 5.01 Å². The highest BCUT2D eigenvalue weighted by Crippen LogP contribution is 2.27. The van der Waals surface area contributed by atoms with Crippen LogP contribution in [0.3, 0.4) is 0 Å². The second-order valence-corrected chi connectivity index (χ2v) is 5.95. The molecular formula is C16H19N3OS. The molecule has 2 rings (SSSR count). The zero-order valence-corrected chi connectivity index (χ0v) is 13.3. The Morgan fingerprint density at radius 3 is 2.90 bits per heavy atom. The lowest BCUT2D eigenvalue weighted by Gasteiger charge is -2.26. The standard InChI is InChI=1S/C16H19N3OS/c1-4-16(3,15-18-12(2)11-21-15)19-14(20)8-7-13-6-5-9-17-10-13/h5-11H,4H2,1-3H3,(H,19,20)/b8-7-/t16-/m0/s1. The Morgan fingerprint density at radius 2 is 2.33 bits per heavy atom. The van der Waals surface area contributed by atoms with Gasteiger partial charge in [0, 0.05) is 29.5 Å². The number of aryl methyl sites for hydroxylation is 1. The summed E-state index contributed by atoms with van der Waals surface area (Å²) in [7, 11) is 0. The molecule has 0 saturated heterocycles. The summed E-state index contributed by atoms with van der Waals surface area (Å²) in [5.41, 5.74) is 1.45. The van der Waals surface area contributed by atoms with Crippen LogP contribution >= 0.6 is 11.3 Å². The normalized spacial score (nSPS) is 14.0. The second-order valence-electron chi connectivity index (χ2n) is 5.09. The number of rotatable bonds is 5. The van der Waals surface area contributed by atoms with E-state index in [4.69, 9.17) is 0 Å². The Labute approximate surface area is 129 Å². The van der Waals surface area contributed by atoms with E-state index in [0.717, 1.165) is 22.7 Å². The summed E-state index contributed by atoms with van der Waals surface area (Å²) in [5.74, 6) is -0.129. The van der Waals surface area contributed by atoms with Gasteiger partial charge in [0.25, 0.3) is 0 Å². The molecule has 1 N–H and O–H groups in total. The molecule has 110 valence electrons. The summed E-state index contributed by atoms with van der Waals surface area (Å²) >= 11 is 1.58. The van der Waals surface area contributed by atoms with E-state index in [2.05, 4.69) is 15.3 Å². The van der Waals surface area contributed by atoms with Gasteiger partial charge in [-0.05, 0) is 38.0 Å². The van der Waals surface area contributed by atoms with Gasteiger partial charge >= 0.3 is 0 Å². The number of hydrogen-bond donors (Lipinski definition) is 1. The Balaban J connectivity index is 2.08. The monoisotopic (exact) mass is 301 g/mol. The molecule has 0 aliphatic rings. The van der Waals surface area contributed by atoms with Crippen LogP contribution in [0.2, 0.25) is 0 Å². The minimum atomic E-state index is -0.435. The summed E-state index contributed by atoms with van der Waals surface area (Å²) in [6.45, 7) is 6.00. The van der Waals surface area contributed by atoms with Crippen molar-refractivity contribution < 1.29 is 4.79 Å². The van der Waals surface area contributed by atoms with Gasteiger partial charge in [-0.1, -0.05) is 13.0 Å². The van der Waals surface area contributed by atoms with Crippen molar-refractivity contribution in [1.29, 1.82) is 0 Å². The zero-order chi connectivity index (χ0) is 15.3. The minimum absolute atomic E-state index is 0.129. The van der Waals surface area contributed by atoms with Crippen molar-refractivity contribution >= 4 is 23.3 Å². The number of carbonyl (C=O) groups excluding carboxylic acids is 1. The van der Waals surface area contributed by atoms with Gasteiger partial charge in [-0.15, -0.1) is 11.3 Å². The van der Waals surface area contributed by atoms with Crippen molar-refractivity contribution in [3.05, 3.63) is 52.2 Å². The van der Waals surface area contributed by atoms with Crippen molar-refractivity contribution in [2.45, 2.75) is 32.7 Å². The predicted octanol–water partition coefficient (Wildman–Crippen LogP) is 3.30. The van der Waals surface area contributed by atoms with E-state index in [1.165, 1.54) is 6.08 Å². The van der Waals surface area contributed by atoms with E-state index in [-0.39, 0.29) is 5.91 Å². The molecule has 0 unspecified atom stereocenters. The summed E-state index contributed by atoms with van der Waals surface area (Å²) in [5, 5.41) is 5.98. The van der Waals surface area contributed by atoms with Gasteiger partial charge in [0.2, 0.25) is 5.91 Å². The van der Waals surface area contributed by atoms with Crippen LogP contribution in [0, 0.1) is 6.92 Å². The van der Waals surface area contributed by atoms with Crippen LogP contribution < -0.4 is 5.32 Å². The molecule has 0 saturated carbocycles. The quantitative estimate of drug-likeness (QED) is 0.862. The maximum atomic E-state index is 12.1. The average molecular weight is 301 g/mol. The van der Waals surface area contributed by atoms with Crippen LogP contribution in [0.25, 0.3) is 6.08 Å². The van der Waals surface area contributed by atoms with E-state index in [0.29, 0.717) is 0 Å². The van der Waals surface area contributed by atoms with Crippen LogP contribution in [0.15, 0.2) is 36.0 Å². The van der Waals surface area contributed by atoms with E-state index in [1.54, 1.807) is 29.8 Å². The first kappa shape index (κ1) is 15.4. The van der Waals surface area contributed by atoms with Crippen molar-refractivity contribution in [2.75, 3.05) is 0 Å². The molecule has 5 heteroatoms. The lowest BCUT2D eigenvalue weighted by molar-refractivity contribution is -0.118.